The number of rotatable bonds is 7. The summed E-state index contributed by atoms with van der Waals surface area (Å²) in [6.45, 7) is 11.1. The zero-order valence-corrected chi connectivity index (χ0v) is 12.2. The van der Waals surface area contributed by atoms with Crippen molar-refractivity contribution in [3.63, 3.8) is 0 Å². The van der Waals surface area contributed by atoms with Crippen LogP contribution in [0.1, 0.15) is 66.2 Å². The van der Waals surface area contributed by atoms with Crippen LogP contribution in [-0.4, -0.2) is 24.8 Å². The Labute approximate surface area is 108 Å². The van der Waals surface area contributed by atoms with Gasteiger partial charge in [0.25, 0.3) is 0 Å². The van der Waals surface area contributed by atoms with Crippen LogP contribution >= 0.6 is 0 Å². The van der Waals surface area contributed by atoms with Crippen molar-refractivity contribution in [1.82, 2.24) is 5.32 Å². The van der Waals surface area contributed by atoms with Gasteiger partial charge in [-0.2, -0.15) is 0 Å². The highest BCUT2D eigenvalue weighted by molar-refractivity contribution is 4.80. The van der Waals surface area contributed by atoms with E-state index >= 15 is 0 Å². The van der Waals surface area contributed by atoms with E-state index in [1.807, 2.05) is 0 Å². The average molecular weight is 241 g/mol. The van der Waals surface area contributed by atoms with Gasteiger partial charge >= 0.3 is 0 Å². The van der Waals surface area contributed by atoms with Gasteiger partial charge in [-0.1, -0.05) is 20.8 Å². The van der Waals surface area contributed by atoms with E-state index < -0.39 is 0 Å². The smallest absolute Gasteiger partial charge is 0.0779 e. The summed E-state index contributed by atoms with van der Waals surface area (Å²) in [5, 5.41) is 3.50. The Hall–Kier alpha value is -0.0800. The van der Waals surface area contributed by atoms with Gasteiger partial charge in [-0.15, -0.1) is 0 Å². The SMILES string of the molecule is CCCNCC(C)(CC)OC1CCC(C)CC1. The van der Waals surface area contributed by atoms with Crippen LogP contribution in [0.3, 0.4) is 0 Å². The predicted octanol–water partition coefficient (Wildman–Crippen LogP) is 3.75. The molecule has 0 aromatic rings. The van der Waals surface area contributed by atoms with Crippen molar-refractivity contribution in [2.45, 2.75) is 77.9 Å². The number of hydrogen-bond donors (Lipinski definition) is 1. The minimum Gasteiger partial charge on any atom is -0.371 e. The Morgan fingerprint density at radius 1 is 1.18 bits per heavy atom. The number of hydrogen-bond acceptors (Lipinski definition) is 2. The molecule has 0 spiro atoms. The van der Waals surface area contributed by atoms with Crippen LogP contribution in [0, 0.1) is 5.92 Å². The molecule has 17 heavy (non-hydrogen) atoms. The molecule has 1 N–H and O–H groups in total. The van der Waals surface area contributed by atoms with Crippen molar-refractivity contribution in [2.75, 3.05) is 13.1 Å². The predicted molar refractivity (Wildman–Crippen MR) is 74.4 cm³/mol. The van der Waals surface area contributed by atoms with Gasteiger partial charge in [-0.05, 0) is 57.9 Å². The first-order chi connectivity index (χ1) is 8.09. The zero-order chi connectivity index (χ0) is 12.7. The van der Waals surface area contributed by atoms with E-state index in [-0.39, 0.29) is 5.60 Å². The highest BCUT2D eigenvalue weighted by atomic mass is 16.5. The van der Waals surface area contributed by atoms with E-state index in [2.05, 4.69) is 33.0 Å². The molecule has 0 aliphatic heterocycles. The van der Waals surface area contributed by atoms with Crippen LogP contribution in [0.15, 0.2) is 0 Å². The van der Waals surface area contributed by atoms with Crippen LogP contribution in [0.25, 0.3) is 0 Å². The molecule has 2 nitrogen and oxygen atoms in total. The monoisotopic (exact) mass is 241 g/mol. The van der Waals surface area contributed by atoms with E-state index in [1.165, 1.54) is 32.1 Å². The fraction of sp³-hybridized carbons (Fsp3) is 1.00. The number of nitrogens with one attached hydrogen (secondary N) is 1. The molecule has 0 radical (unpaired) electrons. The highest BCUT2D eigenvalue weighted by Crippen LogP contribution is 2.29. The Morgan fingerprint density at radius 2 is 1.82 bits per heavy atom. The molecule has 0 heterocycles. The fourth-order valence-corrected chi connectivity index (χ4v) is 2.53. The van der Waals surface area contributed by atoms with Crippen LogP contribution < -0.4 is 5.32 Å². The van der Waals surface area contributed by atoms with E-state index in [0.29, 0.717) is 6.10 Å². The summed E-state index contributed by atoms with van der Waals surface area (Å²) in [4.78, 5) is 0. The van der Waals surface area contributed by atoms with Gasteiger partial charge in [0.05, 0.1) is 11.7 Å². The molecule has 1 atom stereocenters. The topological polar surface area (TPSA) is 21.3 Å². The normalized spacial score (nSPS) is 28.9. The maximum atomic E-state index is 6.36. The molecule has 1 fully saturated rings. The fourth-order valence-electron chi connectivity index (χ4n) is 2.53. The lowest BCUT2D eigenvalue weighted by Gasteiger charge is -2.36. The maximum Gasteiger partial charge on any atom is 0.0779 e. The molecule has 1 rings (SSSR count). The second-order valence-electron chi connectivity index (χ2n) is 5.98. The van der Waals surface area contributed by atoms with Gasteiger partial charge in [-0.25, -0.2) is 0 Å². The van der Waals surface area contributed by atoms with E-state index in [0.717, 1.165) is 25.4 Å². The summed E-state index contributed by atoms with van der Waals surface area (Å²) in [6.07, 6.45) is 7.98. The van der Waals surface area contributed by atoms with Crippen LogP contribution in [0.2, 0.25) is 0 Å². The Bertz CT molecular complexity index is 199. The van der Waals surface area contributed by atoms with Gasteiger partial charge in [-0.3, -0.25) is 0 Å². The summed E-state index contributed by atoms with van der Waals surface area (Å²) >= 11 is 0. The van der Waals surface area contributed by atoms with Gasteiger partial charge in [0, 0.05) is 6.54 Å². The summed E-state index contributed by atoms with van der Waals surface area (Å²) in [5.41, 5.74) is 0.0282. The first-order valence-electron chi connectivity index (χ1n) is 7.48. The Balaban J connectivity index is 2.33. The lowest BCUT2D eigenvalue weighted by molar-refractivity contribution is -0.0986. The van der Waals surface area contributed by atoms with Crippen molar-refractivity contribution in [1.29, 1.82) is 0 Å². The largest absolute Gasteiger partial charge is 0.371 e. The first-order valence-corrected chi connectivity index (χ1v) is 7.48. The maximum absolute atomic E-state index is 6.36. The van der Waals surface area contributed by atoms with E-state index in [1.54, 1.807) is 0 Å². The molecular weight excluding hydrogens is 210 g/mol. The molecule has 1 unspecified atom stereocenters. The third kappa shape index (κ3) is 5.39. The summed E-state index contributed by atoms with van der Waals surface area (Å²) in [6, 6.07) is 0. The molecule has 0 amide bonds. The van der Waals surface area contributed by atoms with Gasteiger partial charge in [0.2, 0.25) is 0 Å². The average Bonchev–Trinajstić information content (AvgIpc) is 2.33. The second-order valence-corrected chi connectivity index (χ2v) is 5.98. The molecule has 0 saturated heterocycles. The highest BCUT2D eigenvalue weighted by Gasteiger charge is 2.28. The molecule has 1 aliphatic carbocycles. The van der Waals surface area contributed by atoms with Crippen molar-refractivity contribution in [2.24, 2.45) is 5.92 Å². The minimum absolute atomic E-state index is 0.0282. The van der Waals surface area contributed by atoms with Crippen molar-refractivity contribution < 1.29 is 4.74 Å². The zero-order valence-electron chi connectivity index (χ0n) is 12.2. The second kappa shape index (κ2) is 7.38. The lowest BCUT2D eigenvalue weighted by atomic mass is 9.88. The molecule has 2 heteroatoms. The van der Waals surface area contributed by atoms with E-state index in [4.69, 9.17) is 4.74 Å². The Kier molecular flexibility index (Phi) is 6.50. The van der Waals surface area contributed by atoms with Crippen molar-refractivity contribution in [3.8, 4) is 0 Å². The van der Waals surface area contributed by atoms with Crippen molar-refractivity contribution >= 4 is 0 Å². The standard InChI is InChI=1S/C15H31NO/c1-5-11-16-12-15(4,6-2)17-14-9-7-13(3)8-10-14/h13-14,16H,5-12H2,1-4H3. The molecular formula is C15H31NO. The Morgan fingerprint density at radius 3 is 2.35 bits per heavy atom. The van der Waals surface area contributed by atoms with Gasteiger partial charge in [0.1, 0.15) is 0 Å². The molecule has 0 aromatic carbocycles. The third-order valence-corrected chi connectivity index (χ3v) is 4.09. The first kappa shape index (κ1) is 15.0. The van der Waals surface area contributed by atoms with Gasteiger partial charge < -0.3 is 10.1 Å². The van der Waals surface area contributed by atoms with Crippen LogP contribution in [-0.2, 0) is 4.74 Å². The lowest BCUT2D eigenvalue weighted by Crippen LogP contribution is -2.43. The van der Waals surface area contributed by atoms with Gasteiger partial charge in [0.15, 0.2) is 0 Å². The summed E-state index contributed by atoms with van der Waals surface area (Å²) < 4.78 is 6.36. The molecule has 0 bridgehead atoms. The number of ether oxygens (including phenoxy) is 1. The molecule has 1 saturated carbocycles. The molecule has 102 valence electrons. The van der Waals surface area contributed by atoms with Crippen molar-refractivity contribution in [3.05, 3.63) is 0 Å². The quantitative estimate of drug-likeness (QED) is 0.685. The summed E-state index contributed by atoms with van der Waals surface area (Å²) in [7, 11) is 0. The van der Waals surface area contributed by atoms with E-state index in [9.17, 15) is 0 Å². The third-order valence-electron chi connectivity index (χ3n) is 4.09. The van der Waals surface area contributed by atoms with Crippen LogP contribution in [0.5, 0.6) is 0 Å². The summed E-state index contributed by atoms with van der Waals surface area (Å²) in [5.74, 6) is 0.904. The molecule has 1 aliphatic rings. The minimum atomic E-state index is 0.0282. The van der Waals surface area contributed by atoms with Crippen LogP contribution in [0.4, 0.5) is 0 Å². The molecule has 0 aromatic heterocycles.